The number of benzene rings is 2. The second kappa shape index (κ2) is 15.1. The van der Waals surface area contributed by atoms with Gasteiger partial charge < -0.3 is 19.1 Å². The molecule has 0 saturated heterocycles. The standard InChI is InChI=1S/C34H45ClN2O6S/c1-3-29-9-4-5-10-32(42-19-18-41-2)30-15-12-26(30)22-37-17-7-6-8-24-20-28(35)14-11-27(24)23-43-33-16-13-25(21-31(33)37)34(38)36-44(29,39)40/h5,10-11,13-14,16,20-21,26,29-30,32H,3-4,6-9,12,15,17-19,22-23H2,1-2H3,(H,36,38)/b10-5+/t26-,29+,30+,32-/m0/s1. The number of fused-ring (bicyclic) bond motifs is 3. The molecule has 0 unspecified atom stereocenters. The zero-order valence-corrected chi connectivity index (χ0v) is 27.4. The maximum Gasteiger partial charge on any atom is 0.264 e. The number of halogens is 1. The van der Waals surface area contributed by atoms with Gasteiger partial charge in [0.05, 0.1) is 30.3 Å². The third kappa shape index (κ3) is 7.97. The molecule has 2 aromatic rings. The van der Waals surface area contributed by atoms with Gasteiger partial charge in [-0.05, 0) is 105 Å². The summed E-state index contributed by atoms with van der Waals surface area (Å²) in [5, 5.41) is 0.0370. The number of nitrogens with one attached hydrogen (secondary N) is 1. The van der Waals surface area contributed by atoms with Crippen LogP contribution in [0, 0.1) is 11.8 Å². The zero-order valence-electron chi connectivity index (χ0n) is 25.8. The van der Waals surface area contributed by atoms with E-state index in [1.807, 2.05) is 31.2 Å². The van der Waals surface area contributed by atoms with Crippen LogP contribution in [0.2, 0.25) is 5.02 Å². The summed E-state index contributed by atoms with van der Waals surface area (Å²) in [5.74, 6) is 0.789. The molecule has 1 N–H and O–H groups in total. The summed E-state index contributed by atoms with van der Waals surface area (Å²) in [6, 6.07) is 11.2. The minimum absolute atomic E-state index is 0.0709. The molecule has 1 saturated carbocycles. The van der Waals surface area contributed by atoms with Crippen LogP contribution in [0.25, 0.3) is 0 Å². The Kier molecular flexibility index (Phi) is 11.3. The van der Waals surface area contributed by atoms with Gasteiger partial charge in [-0.15, -0.1) is 0 Å². The number of allylic oxidation sites excluding steroid dienone is 1. The first-order valence-electron chi connectivity index (χ1n) is 15.9. The fraction of sp³-hybridized carbons (Fsp3) is 0.559. The number of amides is 1. The summed E-state index contributed by atoms with van der Waals surface area (Å²) in [5.41, 5.74) is 3.38. The Balaban J connectivity index is 1.52. The SMILES string of the molecule is CC[C@@H]1CC/C=C/[C@H](OCCOC)[C@@H]2CC[C@H]2CN2CCCCc3cc(Cl)ccc3COc3ccc(cc32)C(=O)NS1(=O)=O. The number of carbonyl (C=O) groups is 1. The summed E-state index contributed by atoms with van der Waals surface area (Å²) >= 11 is 6.34. The number of carbonyl (C=O) groups excluding carboxylic acids is 1. The number of sulfonamides is 1. The maximum atomic E-state index is 13.4. The van der Waals surface area contributed by atoms with E-state index < -0.39 is 21.2 Å². The van der Waals surface area contributed by atoms with Crippen LogP contribution in [-0.2, 0) is 32.5 Å². The maximum absolute atomic E-state index is 13.4. The Morgan fingerprint density at radius 2 is 1.93 bits per heavy atom. The van der Waals surface area contributed by atoms with Gasteiger partial charge in [0.25, 0.3) is 5.91 Å². The van der Waals surface area contributed by atoms with Crippen LogP contribution < -0.4 is 14.4 Å². The van der Waals surface area contributed by atoms with Crippen LogP contribution in [0.5, 0.6) is 5.75 Å². The first kappa shape index (κ1) is 32.8. The van der Waals surface area contributed by atoms with E-state index in [-0.39, 0.29) is 6.10 Å². The highest BCUT2D eigenvalue weighted by molar-refractivity contribution is 7.90. The third-order valence-electron chi connectivity index (χ3n) is 9.30. The minimum atomic E-state index is -3.88. The number of methoxy groups -OCH3 is 1. The quantitative estimate of drug-likeness (QED) is 0.301. The zero-order chi connectivity index (χ0) is 31.1. The lowest BCUT2D eigenvalue weighted by atomic mass is 9.70. The van der Waals surface area contributed by atoms with Crippen molar-refractivity contribution < 1.29 is 27.4 Å². The lowest BCUT2D eigenvalue weighted by Gasteiger charge is -2.44. The summed E-state index contributed by atoms with van der Waals surface area (Å²) in [6.07, 6.45) is 10.5. The molecule has 4 atom stereocenters. The molecule has 1 fully saturated rings. The van der Waals surface area contributed by atoms with E-state index in [9.17, 15) is 13.2 Å². The van der Waals surface area contributed by atoms with Crippen molar-refractivity contribution in [3.05, 3.63) is 70.3 Å². The van der Waals surface area contributed by atoms with Crippen molar-refractivity contribution in [2.75, 3.05) is 38.3 Å². The smallest absolute Gasteiger partial charge is 0.264 e. The van der Waals surface area contributed by atoms with Crippen LogP contribution in [0.15, 0.2) is 48.6 Å². The topological polar surface area (TPSA) is 94.2 Å². The molecule has 0 spiro atoms. The summed E-state index contributed by atoms with van der Waals surface area (Å²) in [4.78, 5) is 15.7. The minimum Gasteiger partial charge on any atom is -0.487 e. The van der Waals surface area contributed by atoms with Crippen molar-refractivity contribution in [1.82, 2.24) is 4.72 Å². The lowest BCUT2D eigenvalue weighted by molar-refractivity contribution is -0.0308. The van der Waals surface area contributed by atoms with Crippen LogP contribution in [0.1, 0.15) is 73.4 Å². The molecule has 0 aromatic heterocycles. The van der Waals surface area contributed by atoms with Crippen LogP contribution in [-0.4, -0.2) is 59.1 Å². The molecule has 2 aliphatic heterocycles. The number of anilines is 1. The molecule has 8 nitrogen and oxygen atoms in total. The van der Waals surface area contributed by atoms with E-state index in [0.29, 0.717) is 67.3 Å². The highest BCUT2D eigenvalue weighted by Crippen LogP contribution is 2.42. The predicted octanol–water partition coefficient (Wildman–Crippen LogP) is 6.31. The van der Waals surface area contributed by atoms with Crippen LogP contribution in [0.4, 0.5) is 5.69 Å². The Morgan fingerprint density at radius 3 is 2.70 bits per heavy atom. The van der Waals surface area contributed by atoms with Gasteiger partial charge in [0.2, 0.25) is 10.0 Å². The van der Waals surface area contributed by atoms with E-state index in [0.717, 1.165) is 56.4 Å². The van der Waals surface area contributed by atoms with Crippen LogP contribution in [0.3, 0.4) is 0 Å². The normalized spacial score (nSPS) is 26.5. The average molecular weight is 645 g/mol. The van der Waals surface area contributed by atoms with Crippen molar-refractivity contribution in [2.45, 2.75) is 76.3 Å². The van der Waals surface area contributed by atoms with Crippen molar-refractivity contribution >= 4 is 33.2 Å². The third-order valence-corrected chi connectivity index (χ3v) is 11.5. The highest BCUT2D eigenvalue weighted by Gasteiger charge is 2.38. The fourth-order valence-electron chi connectivity index (χ4n) is 6.57. The van der Waals surface area contributed by atoms with Crippen molar-refractivity contribution in [2.24, 2.45) is 11.8 Å². The van der Waals surface area contributed by atoms with E-state index in [2.05, 4.69) is 15.7 Å². The molecule has 5 rings (SSSR count). The molecule has 240 valence electrons. The number of hydrogen-bond acceptors (Lipinski definition) is 7. The van der Waals surface area contributed by atoms with E-state index >= 15 is 0 Å². The van der Waals surface area contributed by atoms with Gasteiger partial charge in [-0.1, -0.05) is 36.7 Å². The molecular formula is C34H45ClN2O6S. The number of hydrogen-bond donors (Lipinski definition) is 1. The second-order valence-corrected chi connectivity index (χ2v) is 14.5. The second-order valence-electron chi connectivity index (χ2n) is 12.1. The van der Waals surface area contributed by atoms with E-state index in [1.165, 1.54) is 5.56 Å². The first-order chi connectivity index (χ1) is 21.3. The number of ether oxygens (including phenoxy) is 3. The molecule has 10 heteroatoms. The van der Waals surface area contributed by atoms with Gasteiger partial charge in [-0.3, -0.25) is 4.79 Å². The largest absolute Gasteiger partial charge is 0.487 e. The van der Waals surface area contributed by atoms with Gasteiger partial charge in [0, 0.05) is 30.8 Å². The van der Waals surface area contributed by atoms with Crippen molar-refractivity contribution in [1.29, 1.82) is 0 Å². The van der Waals surface area contributed by atoms with Gasteiger partial charge >= 0.3 is 0 Å². The Hall–Kier alpha value is -2.59. The van der Waals surface area contributed by atoms with Crippen molar-refractivity contribution in [3.8, 4) is 5.75 Å². The molecule has 2 aromatic carbocycles. The molecule has 2 heterocycles. The van der Waals surface area contributed by atoms with Crippen LogP contribution >= 0.6 is 11.6 Å². The van der Waals surface area contributed by atoms with Gasteiger partial charge in [0.15, 0.2) is 0 Å². The highest BCUT2D eigenvalue weighted by atomic mass is 35.5. The summed E-state index contributed by atoms with van der Waals surface area (Å²) < 4.78 is 47.0. The number of nitrogens with zero attached hydrogens (tertiary/aromatic N) is 1. The molecular weight excluding hydrogens is 600 g/mol. The monoisotopic (exact) mass is 644 g/mol. The molecule has 3 aliphatic rings. The molecule has 0 radical (unpaired) electrons. The Bertz CT molecular complexity index is 1430. The summed E-state index contributed by atoms with van der Waals surface area (Å²) in [6.45, 7) is 4.80. The predicted molar refractivity (Wildman–Crippen MR) is 174 cm³/mol. The van der Waals surface area contributed by atoms with Gasteiger partial charge in [-0.25, -0.2) is 13.1 Å². The molecule has 1 amide bonds. The lowest BCUT2D eigenvalue weighted by Crippen LogP contribution is -2.44. The fourth-order valence-corrected chi connectivity index (χ4v) is 8.19. The number of aryl methyl sites for hydroxylation is 1. The molecule has 1 aliphatic carbocycles. The van der Waals surface area contributed by atoms with Crippen molar-refractivity contribution in [3.63, 3.8) is 0 Å². The average Bonchev–Trinajstić information content (AvgIpc) is 3.01. The van der Waals surface area contributed by atoms with Gasteiger partial charge in [0.1, 0.15) is 12.4 Å². The van der Waals surface area contributed by atoms with E-state index in [4.69, 9.17) is 25.8 Å². The first-order valence-corrected chi connectivity index (χ1v) is 17.8. The van der Waals surface area contributed by atoms with E-state index in [1.54, 1.807) is 25.3 Å². The number of rotatable bonds is 5. The Labute approximate surface area is 267 Å². The Morgan fingerprint density at radius 1 is 1.07 bits per heavy atom. The molecule has 44 heavy (non-hydrogen) atoms. The summed E-state index contributed by atoms with van der Waals surface area (Å²) in [7, 11) is -2.20. The van der Waals surface area contributed by atoms with Gasteiger partial charge in [-0.2, -0.15) is 0 Å². The molecule has 2 bridgehead atoms.